The lowest BCUT2D eigenvalue weighted by Gasteiger charge is -2.37. The van der Waals surface area contributed by atoms with E-state index in [2.05, 4.69) is 78.3 Å². The zero-order chi connectivity index (χ0) is 52.0. The molecule has 17 heteroatoms. The first-order valence-electron chi connectivity index (χ1n) is 25.5. The Bertz CT molecular complexity index is 2710. The van der Waals surface area contributed by atoms with Crippen LogP contribution in [0.2, 0.25) is 0 Å². The SMILES string of the molecule is CCn1c(-c2cnccc2COC)c2c3cc(ccc31)-c1cc(O)cc(c1)C[C@H](NC(=O)C(C(C)C)N(C)C(=O)CN(C)C(=O)[C@@H]1C(C3CC3)N1SC(C)(C)C)C(=O)N1CCC[C@H](N1)C(=O)OCC(C)(C)C2. The van der Waals surface area contributed by atoms with Crippen LogP contribution >= 0.6 is 11.9 Å². The van der Waals surface area contributed by atoms with Crippen molar-refractivity contribution in [3.05, 3.63) is 71.5 Å². The number of fused-ring (bicyclic) bond motifs is 6. The molecule has 8 rings (SSSR count). The van der Waals surface area contributed by atoms with Crippen LogP contribution in [0.1, 0.15) is 97.8 Å². The Balaban J connectivity index is 1.12. The summed E-state index contributed by atoms with van der Waals surface area (Å²) in [6.07, 6.45) is 7.30. The van der Waals surface area contributed by atoms with Gasteiger partial charge in [-0.3, -0.25) is 34.0 Å². The normalized spacial score (nSPS) is 22.8. The number of rotatable bonds is 13. The molecule has 4 aromatic rings. The summed E-state index contributed by atoms with van der Waals surface area (Å²) in [6, 6.07) is 10.3. The molecule has 0 spiro atoms. The molecule has 3 N–H and O–H groups in total. The lowest BCUT2D eigenvalue weighted by atomic mass is 9.84. The molecule has 4 aliphatic rings. The Morgan fingerprint density at radius 2 is 1.81 bits per heavy atom. The molecule has 2 aromatic carbocycles. The molecule has 5 heterocycles. The summed E-state index contributed by atoms with van der Waals surface area (Å²) in [6.45, 7) is 17.5. The number of hydrogen-bond acceptors (Lipinski definition) is 12. The number of hydrazine groups is 1. The van der Waals surface area contributed by atoms with Crippen LogP contribution in [0, 0.1) is 17.3 Å². The molecule has 3 aliphatic heterocycles. The topological polar surface area (TPSA) is 179 Å². The quantitative estimate of drug-likeness (QED) is 0.0731. The first kappa shape index (κ1) is 52.8. The third-order valence-corrected chi connectivity index (χ3v) is 15.5. The second-order valence-electron chi connectivity index (χ2n) is 22.4. The van der Waals surface area contributed by atoms with Gasteiger partial charge in [-0.2, -0.15) is 0 Å². The molecule has 6 bridgehead atoms. The molecular weight excluding hydrogens is 933 g/mol. The van der Waals surface area contributed by atoms with E-state index in [0.29, 0.717) is 49.5 Å². The number of pyridine rings is 1. The van der Waals surface area contributed by atoms with E-state index < -0.39 is 47.2 Å². The van der Waals surface area contributed by atoms with Crippen LogP contribution in [-0.4, -0.2) is 139 Å². The minimum atomic E-state index is -1.18. The van der Waals surface area contributed by atoms with Crippen LogP contribution in [0.3, 0.4) is 0 Å². The van der Waals surface area contributed by atoms with Gasteiger partial charge >= 0.3 is 5.97 Å². The number of nitrogens with one attached hydrogen (secondary N) is 2. The number of methoxy groups -OCH3 is 1. The smallest absolute Gasteiger partial charge is 0.324 e. The molecule has 1 saturated carbocycles. The summed E-state index contributed by atoms with van der Waals surface area (Å²) in [5.41, 5.74) is 9.73. The third kappa shape index (κ3) is 11.5. The predicted octanol–water partition coefficient (Wildman–Crippen LogP) is 6.74. The summed E-state index contributed by atoms with van der Waals surface area (Å²) in [7, 11) is 4.87. The fourth-order valence-electron chi connectivity index (χ4n) is 10.7. The Kier molecular flexibility index (Phi) is 15.5. The van der Waals surface area contributed by atoms with E-state index in [9.17, 15) is 29.1 Å². The van der Waals surface area contributed by atoms with Crippen molar-refractivity contribution in [3.8, 4) is 28.1 Å². The fourth-order valence-corrected chi connectivity index (χ4v) is 12.0. The van der Waals surface area contributed by atoms with Gasteiger partial charge < -0.3 is 34.3 Å². The van der Waals surface area contributed by atoms with Gasteiger partial charge in [0, 0.05) is 85.8 Å². The van der Waals surface area contributed by atoms with Gasteiger partial charge in [0.1, 0.15) is 29.9 Å². The Morgan fingerprint density at radius 1 is 1.06 bits per heavy atom. The number of ether oxygens (including phenoxy) is 2. The van der Waals surface area contributed by atoms with Crippen molar-refractivity contribution in [1.29, 1.82) is 0 Å². The van der Waals surface area contributed by atoms with Gasteiger partial charge in [0.15, 0.2) is 0 Å². The number of carbonyl (C=O) groups excluding carboxylic acids is 5. The molecular formula is C55H74N8O8S. The first-order valence-corrected chi connectivity index (χ1v) is 26.3. The zero-order valence-electron chi connectivity index (χ0n) is 43.9. The molecule has 388 valence electrons. The van der Waals surface area contributed by atoms with E-state index in [1.165, 1.54) is 14.8 Å². The van der Waals surface area contributed by atoms with Gasteiger partial charge in [-0.25, -0.2) is 9.73 Å². The molecule has 3 unspecified atom stereocenters. The second kappa shape index (κ2) is 21.2. The Hall–Kier alpha value is -5.49. The average molecular weight is 1010 g/mol. The van der Waals surface area contributed by atoms with E-state index in [4.69, 9.17) is 9.47 Å². The summed E-state index contributed by atoms with van der Waals surface area (Å²) in [4.78, 5) is 78.8. The van der Waals surface area contributed by atoms with Crippen LogP contribution in [-0.2, 0) is 59.4 Å². The van der Waals surface area contributed by atoms with Crippen molar-refractivity contribution >= 4 is 52.4 Å². The highest BCUT2D eigenvalue weighted by molar-refractivity contribution is 7.98. The molecule has 2 aromatic heterocycles. The van der Waals surface area contributed by atoms with Crippen LogP contribution < -0.4 is 10.7 Å². The highest BCUT2D eigenvalue weighted by atomic mass is 32.2. The van der Waals surface area contributed by atoms with Crippen molar-refractivity contribution in [2.45, 2.75) is 142 Å². The third-order valence-electron chi connectivity index (χ3n) is 14.3. The minimum Gasteiger partial charge on any atom is -0.508 e. The maximum atomic E-state index is 14.8. The summed E-state index contributed by atoms with van der Waals surface area (Å²) in [5, 5.41) is 16.8. The second-order valence-corrected chi connectivity index (χ2v) is 24.2. The number of nitrogens with zero attached hydrogens (tertiary/aromatic N) is 6. The number of phenols is 1. The highest BCUT2D eigenvalue weighted by Gasteiger charge is 2.61. The van der Waals surface area contributed by atoms with E-state index >= 15 is 0 Å². The molecule has 4 amide bonds. The summed E-state index contributed by atoms with van der Waals surface area (Å²) >= 11 is 1.68. The van der Waals surface area contributed by atoms with E-state index in [1.807, 2.05) is 38.2 Å². The van der Waals surface area contributed by atoms with Crippen LogP contribution in [0.5, 0.6) is 5.75 Å². The molecule has 16 nitrogen and oxygen atoms in total. The van der Waals surface area contributed by atoms with Crippen molar-refractivity contribution in [2.24, 2.45) is 17.3 Å². The number of benzene rings is 2. The molecule has 0 radical (unpaired) electrons. The van der Waals surface area contributed by atoms with Crippen molar-refractivity contribution in [2.75, 3.05) is 40.9 Å². The van der Waals surface area contributed by atoms with E-state index in [1.54, 1.807) is 51.5 Å². The number of amides is 4. The average Bonchev–Trinajstić information content (AvgIpc) is 4.26. The number of esters is 1. The minimum absolute atomic E-state index is 0.0139. The van der Waals surface area contributed by atoms with Gasteiger partial charge in [-0.05, 0) is 130 Å². The predicted molar refractivity (Wildman–Crippen MR) is 279 cm³/mol. The number of aromatic hydroxyl groups is 1. The van der Waals surface area contributed by atoms with E-state index in [-0.39, 0.29) is 60.5 Å². The number of aromatic nitrogens is 2. The van der Waals surface area contributed by atoms with Gasteiger partial charge in [0.25, 0.3) is 5.91 Å². The maximum absolute atomic E-state index is 14.8. The molecule has 6 atom stereocenters. The lowest BCUT2D eigenvalue weighted by Crippen LogP contribution is -2.62. The van der Waals surface area contributed by atoms with Crippen LogP contribution in [0.4, 0.5) is 0 Å². The highest BCUT2D eigenvalue weighted by Crippen LogP contribution is 2.53. The number of carbonyl (C=O) groups is 5. The molecule has 2 saturated heterocycles. The van der Waals surface area contributed by atoms with E-state index in [0.717, 1.165) is 51.7 Å². The molecule has 3 fully saturated rings. The van der Waals surface area contributed by atoms with Crippen LogP contribution in [0.25, 0.3) is 33.3 Å². The molecule has 1 aliphatic carbocycles. The zero-order valence-corrected chi connectivity index (χ0v) is 44.7. The Labute approximate surface area is 428 Å². The van der Waals surface area contributed by atoms with Crippen molar-refractivity contribution in [1.82, 2.24) is 39.4 Å². The van der Waals surface area contributed by atoms with Gasteiger partial charge in [-0.15, -0.1) is 0 Å². The number of aryl methyl sites for hydroxylation is 1. The standard InChI is InChI=1S/C55H74N8O8S/c1-12-61-44-18-17-35-26-39(44)40(48(61)41-28-56-20-19-36(41)30-70-11)27-55(7,8)31-71-53(69)42-14-13-21-62(58-42)51(67)43(24-33-22-37(35)25-38(64)23-33)57-50(66)46(32(2)3)60(10)45(65)29-59(9)52(68)49-47(34-15-16-34)63(49)72-54(4,5)6/h17-20,22-23,25-26,28,32,34,42-43,46-47,49,58,64H,12-16,21,24,27,29-31H2,1-11H3,(H,57,66)/t42-,43-,46?,47?,49-,63?/m0/s1. The fraction of sp³-hybridized carbons (Fsp3) is 0.564. The van der Waals surface area contributed by atoms with Crippen molar-refractivity contribution < 1.29 is 38.6 Å². The molecule has 72 heavy (non-hydrogen) atoms. The monoisotopic (exact) mass is 1010 g/mol. The lowest BCUT2D eigenvalue weighted by molar-refractivity contribution is -0.155. The first-order chi connectivity index (χ1) is 34.1. The van der Waals surface area contributed by atoms with Gasteiger partial charge in [0.2, 0.25) is 17.7 Å². The summed E-state index contributed by atoms with van der Waals surface area (Å²) < 4.78 is 16.2. The number of phenolic OH excluding ortho intramolecular Hbond substituents is 1. The largest absolute Gasteiger partial charge is 0.508 e. The number of likely N-dealkylation sites (N-methyl/N-ethyl adjacent to an activating group) is 2. The number of hydrogen-bond donors (Lipinski definition) is 3. The van der Waals surface area contributed by atoms with Gasteiger partial charge in [0.05, 0.1) is 25.5 Å². The van der Waals surface area contributed by atoms with Gasteiger partial charge in [-0.1, -0.05) is 51.8 Å². The maximum Gasteiger partial charge on any atom is 0.324 e. The number of cyclic esters (lactones) is 1. The summed E-state index contributed by atoms with van der Waals surface area (Å²) in [5.74, 6) is -1.95. The van der Waals surface area contributed by atoms with Crippen LogP contribution in [0.15, 0.2) is 54.9 Å². The van der Waals surface area contributed by atoms with Crippen molar-refractivity contribution in [3.63, 3.8) is 0 Å². The Morgan fingerprint density at radius 3 is 2.49 bits per heavy atom.